The normalized spacial score (nSPS) is 17.3. The molecule has 1 aliphatic rings. The van der Waals surface area contributed by atoms with E-state index in [2.05, 4.69) is 4.98 Å². The summed E-state index contributed by atoms with van der Waals surface area (Å²) in [5.74, 6) is -0.903. The Hall–Kier alpha value is -3.93. The Morgan fingerprint density at radius 3 is 2.50 bits per heavy atom. The molecule has 0 spiro atoms. The molecule has 6 heteroatoms. The van der Waals surface area contributed by atoms with Gasteiger partial charge in [0.05, 0.1) is 18.2 Å². The summed E-state index contributed by atoms with van der Waals surface area (Å²) in [7, 11) is 0. The topological polar surface area (TPSA) is 79.7 Å². The van der Waals surface area contributed by atoms with E-state index in [-0.39, 0.29) is 11.3 Å². The first-order valence-electron chi connectivity index (χ1n) is 11.4. The Kier molecular flexibility index (Phi) is 6.50. The van der Waals surface area contributed by atoms with Gasteiger partial charge in [-0.1, -0.05) is 30.7 Å². The first-order chi connectivity index (χ1) is 16.3. The van der Waals surface area contributed by atoms with Gasteiger partial charge in [-0.2, -0.15) is 0 Å². The van der Waals surface area contributed by atoms with Crippen molar-refractivity contribution in [3.8, 4) is 5.75 Å². The first kappa shape index (κ1) is 23.2. The first-order valence-corrected chi connectivity index (χ1v) is 11.4. The van der Waals surface area contributed by atoms with Crippen molar-refractivity contribution < 1.29 is 19.4 Å². The highest BCUT2D eigenvalue weighted by molar-refractivity contribution is 6.51. The van der Waals surface area contributed by atoms with Gasteiger partial charge in [-0.3, -0.25) is 19.5 Å². The molecule has 2 aromatic carbocycles. The Labute approximate surface area is 199 Å². The van der Waals surface area contributed by atoms with Crippen LogP contribution >= 0.6 is 0 Å². The van der Waals surface area contributed by atoms with Crippen molar-refractivity contribution in [1.82, 2.24) is 4.98 Å². The molecular weight excluding hydrogens is 428 g/mol. The van der Waals surface area contributed by atoms with Crippen LogP contribution in [-0.4, -0.2) is 28.4 Å². The fourth-order valence-electron chi connectivity index (χ4n) is 4.34. The minimum Gasteiger partial charge on any atom is -0.507 e. The lowest BCUT2D eigenvalue weighted by Crippen LogP contribution is -2.30. The second-order valence-electron chi connectivity index (χ2n) is 8.57. The van der Waals surface area contributed by atoms with Crippen LogP contribution in [0.25, 0.3) is 5.76 Å². The van der Waals surface area contributed by atoms with Crippen molar-refractivity contribution in [2.75, 3.05) is 11.5 Å². The zero-order chi connectivity index (χ0) is 24.4. The fourth-order valence-corrected chi connectivity index (χ4v) is 4.34. The molecule has 0 bridgehead atoms. The monoisotopic (exact) mass is 456 g/mol. The minimum atomic E-state index is -0.800. The highest BCUT2D eigenvalue weighted by Crippen LogP contribution is 2.43. The van der Waals surface area contributed by atoms with Crippen LogP contribution in [0.5, 0.6) is 5.75 Å². The number of carbonyl (C=O) groups excluding carboxylic acids is 2. The molecule has 0 aliphatic carbocycles. The zero-order valence-corrected chi connectivity index (χ0v) is 19.8. The van der Waals surface area contributed by atoms with Gasteiger partial charge in [0, 0.05) is 23.6 Å². The van der Waals surface area contributed by atoms with E-state index in [0.717, 1.165) is 28.9 Å². The molecule has 3 aromatic rings. The van der Waals surface area contributed by atoms with E-state index >= 15 is 0 Å². The smallest absolute Gasteiger partial charge is 0.300 e. The average molecular weight is 457 g/mol. The molecule has 174 valence electrons. The molecule has 1 atom stereocenters. The van der Waals surface area contributed by atoms with Crippen LogP contribution < -0.4 is 9.64 Å². The average Bonchev–Trinajstić information content (AvgIpc) is 3.09. The maximum atomic E-state index is 13.3. The number of nitrogens with zero attached hydrogens (tertiary/aromatic N) is 2. The predicted octanol–water partition coefficient (Wildman–Crippen LogP) is 5.42. The number of amides is 1. The van der Waals surface area contributed by atoms with Gasteiger partial charge in [0.15, 0.2) is 0 Å². The lowest BCUT2D eigenvalue weighted by molar-refractivity contribution is -0.132. The molecule has 4 rings (SSSR count). The Balaban J connectivity index is 1.88. The predicted molar refractivity (Wildman–Crippen MR) is 132 cm³/mol. The number of aryl methyl sites for hydroxylation is 3. The number of anilines is 1. The van der Waals surface area contributed by atoms with E-state index in [9.17, 15) is 14.7 Å². The number of aliphatic hydroxyl groups is 1. The molecule has 1 amide bonds. The number of rotatable bonds is 6. The second-order valence-corrected chi connectivity index (χ2v) is 8.57. The van der Waals surface area contributed by atoms with Crippen LogP contribution in [0.2, 0.25) is 0 Å². The Morgan fingerprint density at radius 1 is 1.06 bits per heavy atom. The van der Waals surface area contributed by atoms with Gasteiger partial charge < -0.3 is 9.84 Å². The highest BCUT2D eigenvalue weighted by Gasteiger charge is 2.47. The van der Waals surface area contributed by atoms with Gasteiger partial charge in [0.2, 0.25) is 0 Å². The van der Waals surface area contributed by atoms with Crippen molar-refractivity contribution >= 4 is 23.1 Å². The number of hydrogen-bond donors (Lipinski definition) is 1. The quantitative estimate of drug-likeness (QED) is 0.304. The zero-order valence-electron chi connectivity index (χ0n) is 19.8. The van der Waals surface area contributed by atoms with Gasteiger partial charge >= 0.3 is 0 Å². The summed E-state index contributed by atoms with van der Waals surface area (Å²) < 4.78 is 5.74. The summed E-state index contributed by atoms with van der Waals surface area (Å²) in [6.45, 7) is 8.38. The molecule has 0 radical (unpaired) electrons. The van der Waals surface area contributed by atoms with E-state index < -0.39 is 17.7 Å². The molecule has 1 aromatic heterocycles. The molecule has 34 heavy (non-hydrogen) atoms. The summed E-state index contributed by atoms with van der Waals surface area (Å²) >= 11 is 0. The third-order valence-corrected chi connectivity index (χ3v) is 5.97. The van der Waals surface area contributed by atoms with Crippen LogP contribution in [0, 0.1) is 20.8 Å². The van der Waals surface area contributed by atoms with Crippen molar-refractivity contribution in [1.29, 1.82) is 0 Å². The number of carbonyl (C=O) groups is 2. The van der Waals surface area contributed by atoms with Crippen molar-refractivity contribution in [3.63, 3.8) is 0 Å². The van der Waals surface area contributed by atoms with E-state index in [0.29, 0.717) is 23.4 Å². The highest BCUT2D eigenvalue weighted by atomic mass is 16.5. The van der Waals surface area contributed by atoms with Crippen molar-refractivity contribution in [2.24, 2.45) is 0 Å². The maximum Gasteiger partial charge on any atom is 0.300 e. The fraction of sp³-hybridized carbons (Fsp3) is 0.250. The van der Waals surface area contributed by atoms with E-state index in [1.54, 1.807) is 42.7 Å². The molecule has 1 fully saturated rings. The summed E-state index contributed by atoms with van der Waals surface area (Å²) in [5.41, 5.74) is 4.51. The second kappa shape index (κ2) is 9.51. The van der Waals surface area contributed by atoms with E-state index in [1.165, 1.54) is 4.90 Å². The van der Waals surface area contributed by atoms with E-state index in [4.69, 9.17) is 4.74 Å². The van der Waals surface area contributed by atoms with Gasteiger partial charge in [0.25, 0.3) is 11.7 Å². The number of aliphatic hydroxyl groups excluding tert-OH is 1. The van der Waals surface area contributed by atoms with Crippen LogP contribution in [0.3, 0.4) is 0 Å². The number of ether oxygens (including phenoxy) is 1. The van der Waals surface area contributed by atoms with Crippen LogP contribution in [0.1, 0.15) is 47.2 Å². The van der Waals surface area contributed by atoms with Crippen LogP contribution in [0.4, 0.5) is 5.69 Å². The molecule has 1 N–H and O–H groups in total. The standard InChI is InChI=1S/C28H28N2O4/c1-5-13-34-23-11-9-20(15-19(23)4)26(31)24-25(21-7-6-12-29-16-21)30(28(33)27(24)32)22-10-8-17(2)14-18(22)3/h6-12,14-16,25,31H,5,13H2,1-4H3/b26-24+. The molecular formula is C28H28N2O4. The van der Waals surface area contributed by atoms with Crippen LogP contribution in [0.15, 0.2) is 66.5 Å². The van der Waals surface area contributed by atoms with Crippen molar-refractivity contribution in [2.45, 2.75) is 40.2 Å². The minimum absolute atomic E-state index is 0.0413. The third-order valence-electron chi connectivity index (χ3n) is 5.97. The van der Waals surface area contributed by atoms with E-state index in [1.807, 2.05) is 45.9 Å². The maximum absolute atomic E-state index is 13.3. The largest absolute Gasteiger partial charge is 0.507 e. The lowest BCUT2D eigenvalue weighted by Gasteiger charge is -2.26. The number of aromatic nitrogens is 1. The summed E-state index contributed by atoms with van der Waals surface area (Å²) in [6.07, 6.45) is 4.13. The van der Waals surface area contributed by atoms with Gasteiger partial charge in [-0.15, -0.1) is 0 Å². The number of pyridine rings is 1. The third kappa shape index (κ3) is 4.19. The molecule has 6 nitrogen and oxygen atoms in total. The number of hydrogen-bond acceptors (Lipinski definition) is 5. The van der Waals surface area contributed by atoms with Gasteiger partial charge in [-0.05, 0) is 74.2 Å². The molecule has 0 saturated carbocycles. The van der Waals surface area contributed by atoms with Gasteiger partial charge in [0.1, 0.15) is 11.5 Å². The Morgan fingerprint density at radius 2 is 1.85 bits per heavy atom. The number of ketones is 1. The number of Topliss-reactive ketones (excluding diaryl/α,β-unsaturated/α-hetero) is 1. The lowest BCUT2D eigenvalue weighted by atomic mass is 9.95. The van der Waals surface area contributed by atoms with Crippen molar-refractivity contribution in [3.05, 3.63) is 94.3 Å². The summed E-state index contributed by atoms with van der Waals surface area (Å²) in [4.78, 5) is 32.3. The SMILES string of the molecule is CCCOc1ccc(/C(O)=C2\C(=O)C(=O)N(c3ccc(C)cc3C)C2c2cccnc2)cc1C. The molecule has 1 aliphatic heterocycles. The van der Waals surface area contributed by atoms with Gasteiger partial charge in [-0.25, -0.2) is 0 Å². The summed E-state index contributed by atoms with van der Waals surface area (Å²) in [5, 5.41) is 11.3. The van der Waals surface area contributed by atoms with Crippen LogP contribution in [-0.2, 0) is 9.59 Å². The number of benzene rings is 2. The molecule has 1 unspecified atom stereocenters. The molecule has 2 heterocycles. The Bertz CT molecular complexity index is 1280. The molecule has 1 saturated heterocycles. The summed E-state index contributed by atoms with van der Waals surface area (Å²) in [6, 6.07) is 13.7.